The van der Waals surface area contributed by atoms with E-state index < -0.39 is 11.5 Å². The summed E-state index contributed by atoms with van der Waals surface area (Å²) in [5, 5.41) is 0. The molecule has 0 bridgehead atoms. The van der Waals surface area contributed by atoms with Gasteiger partial charge in [0.05, 0.1) is 11.8 Å². The lowest BCUT2D eigenvalue weighted by Crippen LogP contribution is -2.45. The SMILES string of the molecule is CC.CC(C)(C)CC(C)(C(=O)OC1COC(=O)C1)C(C)(C)C. The molecule has 0 aromatic heterocycles. The van der Waals surface area contributed by atoms with E-state index in [4.69, 9.17) is 9.47 Å². The van der Waals surface area contributed by atoms with E-state index in [2.05, 4.69) is 41.5 Å². The highest BCUT2D eigenvalue weighted by atomic mass is 16.6. The zero-order valence-corrected chi connectivity index (χ0v) is 15.8. The van der Waals surface area contributed by atoms with Gasteiger partial charge in [-0.2, -0.15) is 0 Å². The van der Waals surface area contributed by atoms with Gasteiger partial charge in [-0.1, -0.05) is 55.4 Å². The number of rotatable bonds is 3. The van der Waals surface area contributed by atoms with E-state index in [1.165, 1.54) is 0 Å². The summed E-state index contributed by atoms with van der Waals surface area (Å²) in [6, 6.07) is 0. The molecule has 2 unspecified atom stereocenters. The van der Waals surface area contributed by atoms with Crippen LogP contribution >= 0.6 is 0 Å². The van der Waals surface area contributed by atoms with E-state index in [0.717, 1.165) is 6.42 Å². The molecular formula is C18H34O4. The summed E-state index contributed by atoms with van der Waals surface area (Å²) in [6.45, 7) is 18.6. The average Bonchev–Trinajstić information content (AvgIpc) is 2.73. The van der Waals surface area contributed by atoms with Gasteiger partial charge in [-0.25, -0.2) is 0 Å². The number of hydrogen-bond acceptors (Lipinski definition) is 4. The topological polar surface area (TPSA) is 52.6 Å². The van der Waals surface area contributed by atoms with Crippen molar-refractivity contribution in [2.24, 2.45) is 16.2 Å². The van der Waals surface area contributed by atoms with Gasteiger partial charge in [0.15, 0.2) is 0 Å². The number of esters is 2. The maximum Gasteiger partial charge on any atom is 0.312 e. The Bertz CT molecular complexity index is 387. The number of hydrogen-bond donors (Lipinski definition) is 0. The molecule has 2 atom stereocenters. The van der Waals surface area contributed by atoms with Gasteiger partial charge in [-0.3, -0.25) is 9.59 Å². The fraction of sp³-hybridized carbons (Fsp3) is 0.889. The van der Waals surface area contributed by atoms with Crippen molar-refractivity contribution in [3.05, 3.63) is 0 Å². The van der Waals surface area contributed by atoms with Gasteiger partial charge in [0.25, 0.3) is 0 Å². The average molecular weight is 314 g/mol. The Morgan fingerprint density at radius 2 is 1.64 bits per heavy atom. The van der Waals surface area contributed by atoms with E-state index in [1.807, 2.05) is 20.8 Å². The first-order valence-corrected chi connectivity index (χ1v) is 8.22. The maximum atomic E-state index is 12.7. The molecular weight excluding hydrogens is 280 g/mol. The molecule has 0 aromatic carbocycles. The smallest absolute Gasteiger partial charge is 0.312 e. The minimum absolute atomic E-state index is 0.0169. The van der Waals surface area contributed by atoms with E-state index >= 15 is 0 Å². The predicted octanol–water partition coefficient (Wildman–Crippen LogP) is 4.36. The predicted molar refractivity (Wildman–Crippen MR) is 88.4 cm³/mol. The van der Waals surface area contributed by atoms with Crippen LogP contribution < -0.4 is 0 Å². The Labute approximate surface area is 135 Å². The molecule has 1 aliphatic rings. The third kappa shape index (κ3) is 5.62. The molecule has 0 spiro atoms. The van der Waals surface area contributed by atoms with Crippen LogP contribution in [0.25, 0.3) is 0 Å². The Kier molecular flexibility index (Phi) is 7.11. The molecule has 0 aliphatic carbocycles. The summed E-state index contributed by atoms with van der Waals surface area (Å²) in [4.78, 5) is 23.8. The summed E-state index contributed by atoms with van der Waals surface area (Å²) in [5.74, 6) is -0.528. The largest absolute Gasteiger partial charge is 0.462 e. The number of carbonyl (C=O) groups excluding carboxylic acids is 2. The Morgan fingerprint density at radius 1 is 1.14 bits per heavy atom. The third-order valence-corrected chi connectivity index (χ3v) is 4.09. The fourth-order valence-corrected chi connectivity index (χ4v) is 2.55. The van der Waals surface area contributed by atoms with Gasteiger partial charge in [-0.15, -0.1) is 0 Å². The molecule has 0 N–H and O–H groups in total. The van der Waals surface area contributed by atoms with Crippen LogP contribution in [0.4, 0.5) is 0 Å². The van der Waals surface area contributed by atoms with Crippen molar-refractivity contribution in [3.63, 3.8) is 0 Å². The fourth-order valence-electron chi connectivity index (χ4n) is 2.55. The van der Waals surface area contributed by atoms with Crippen molar-refractivity contribution in [2.75, 3.05) is 6.61 Å². The molecule has 4 nitrogen and oxygen atoms in total. The molecule has 1 saturated heterocycles. The highest BCUT2D eigenvalue weighted by Crippen LogP contribution is 2.47. The molecule has 1 fully saturated rings. The first kappa shape index (κ1) is 20.9. The zero-order chi connectivity index (χ0) is 17.8. The molecule has 4 heteroatoms. The second-order valence-corrected chi connectivity index (χ2v) is 8.23. The normalized spacial score (nSPS) is 21.3. The standard InChI is InChI=1S/C16H28O4.C2H6/c1-14(2,3)10-16(7,15(4,5)6)13(18)20-11-8-12(17)19-9-11;1-2/h11H,8-10H2,1-7H3;1-2H3. The van der Waals surface area contributed by atoms with Gasteiger partial charge in [-0.05, 0) is 24.2 Å². The second-order valence-electron chi connectivity index (χ2n) is 8.23. The van der Waals surface area contributed by atoms with E-state index in [9.17, 15) is 9.59 Å². The van der Waals surface area contributed by atoms with Crippen LogP contribution in [0.3, 0.4) is 0 Å². The maximum absolute atomic E-state index is 12.7. The zero-order valence-electron chi connectivity index (χ0n) is 15.8. The van der Waals surface area contributed by atoms with Gasteiger partial charge in [0, 0.05) is 0 Å². The summed E-state index contributed by atoms with van der Waals surface area (Å²) in [5.41, 5.74) is -0.805. The first-order chi connectivity index (χ1) is 9.85. The molecule has 0 aromatic rings. The molecule has 0 amide bonds. The number of carbonyl (C=O) groups is 2. The van der Waals surface area contributed by atoms with Crippen LogP contribution in [0.2, 0.25) is 0 Å². The lowest BCUT2D eigenvalue weighted by atomic mass is 9.61. The minimum Gasteiger partial charge on any atom is -0.462 e. The van der Waals surface area contributed by atoms with E-state index in [-0.39, 0.29) is 35.8 Å². The van der Waals surface area contributed by atoms with Crippen molar-refractivity contribution < 1.29 is 19.1 Å². The van der Waals surface area contributed by atoms with E-state index in [1.54, 1.807) is 0 Å². The Hall–Kier alpha value is -1.06. The van der Waals surface area contributed by atoms with Crippen LogP contribution in [0, 0.1) is 16.2 Å². The third-order valence-electron chi connectivity index (χ3n) is 4.09. The molecule has 0 radical (unpaired) electrons. The van der Waals surface area contributed by atoms with Gasteiger partial charge in [0.1, 0.15) is 12.7 Å². The first-order valence-electron chi connectivity index (χ1n) is 8.22. The van der Waals surface area contributed by atoms with Crippen LogP contribution in [0.1, 0.15) is 75.2 Å². The lowest BCUT2D eigenvalue weighted by Gasteiger charge is -2.43. The van der Waals surface area contributed by atoms with Crippen LogP contribution in [0.15, 0.2) is 0 Å². The van der Waals surface area contributed by atoms with Gasteiger partial charge < -0.3 is 9.47 Å². The Balaban J connectivity index is 0.00000211. The Morgan fingerprint density at radius 3 is 1.95 bits per heavy atom. The van der Waals surface area contributed by atoms with Crippen molar-refractivity contribution in [1.82, 2.24) is 0 Å². The highest BCUT2D eigenvalue weighted by molar-refractivity contribution is 5.79. The molecule has 22 heavy (non-hydrogen) atoms. The number of cyclic esters (lactones) is 1. The van der Waals surface area contributed by atoms with Gasteiger partial charge >= 0.3 is 11.9 Å². The quantitative estimate of drug-likeness (QED) is 0.726. The summed E-state index contributed by atoms with van der Waals surface area (Å²) in [6.07, 6.45) is 0.461. The molecule has 1 heterocycles. The monoisotopic (exact) mass is 314 g/mol. The van der Waals surface area contributed by atoms with Crippen molar-refractivity contribution in [3.8, 4) is 0 Å². The molecule has 130 valence electrons. The second kappa shape index (κ2) is 7.47. The summed E-state index contributed by atoms with van der Waals surface area (Å²) < 4.78 is 10.4. The summed E-state index contributed by atoms with van der Waals surface area (Å²) >= 11 is 0. The lowest BCUT2D eigenvalue weighted by molar-refractivity contribution is -0.170. The van der Waals surface area contributed by atoms with Crippen molar-refractivity contribution >= 4 is 11.9 Å². The van der Waals surface area contributed by atoms with Crippen LogP contribution in [-0.4, -0.2) is 24.6 Å². The minimum atomic E-state index is -0.600. The molecule has 1 rings (SSSR count). The van der Waals surface area contributed by atoms with Crippen LogP contribution in [-0.2, 0) is 19.1 Å². The molecule has 1 aliphatic heterocycles. The van der Waals surface area contributed by atoms with Crippen molar-refractivity contribution in [1.29, 1.82) is 0 Å². The van der Waals surface area contributed by atoms with Crippen molar-refractivity contribution in [2.45, 2.75) is 81.3 Å². The van der Waals surface area contributed by atoms with Crippen LogP contribution in [0.5, 0.6) is 0 Å². The summed E-state index contributed by atoms with van der Waals surface area (Å²) in [7, 11) is 0. The number of ether oxygens (including phenoxy) is 2. The highest BCUT2D eigenvalue weighted by Gasteiger charge is 2.48. The van der Waals surface area contributed by atoms with E-state index in [0.29, 0.717) is 0 Å². The molecule has 0 saturated carbocycles. The van der Waals surface area contributed by atoms with Gasteiger partial charge in [0.2, 0.25) is 0 Å².